The molecule has 1 amide bonds. The summed E-state index contributed by atoms with van der Waals surface area (Å²) in [5.74, 6) is 1.27. The molecule has 0 aromatic carbocycles. The van der Waals surface area contributed by atoms with Gasteiger partial charge in [-0.2, -0.15) is 0 Å². The summed E-state index contributed by atoms with van der Waals surface area (Å²) in [4.78, 5) is 15.3. The van der Waals surface area contributed by atoms with E-state index in [4.69, 9.17) is 15.9 Å². The molecular weight excluding hydrogens is 278 g/mol. The molecule has 0 bridgehead atoms. The van der Waals surface area contributed by atoms with Crippen LogP contribution in [0.5, 0.6) is 0 Å². The number of carbonyl (C=O) groups excluding carboxylic acids is 1. The number of thiazole rings is 1. The first-order chi connectivity index (χ1) is 9.45. The molecule has 0 radical (unpaired) electrons. The van der Waals surface area contributed by atoms with Crippen LogP contribution in [0.1, 0.15) is 18.2 Å². The van der Waals surface area contributed by atoms with E-state index in [0.717, 1.165) is 5.56 Å². The fourth-order valence-electron chi connectivity index (χ4n) is 1.62. The first-order valence-electron chi connectivity index (χ1n) is 6.03. The quantitative estimate of drug-likeness (QED) is 0.610. The van der Waals surface area contributed by atoms with Crippen molar-refractivity contribution in [3.8, 4) is 11.5 Å². The lowest BCUT2D eigenvalue weighted by Crippen LogP contribution is -2.38. The summed E-state index contributed by atoms with van der Waals surface area (Å²) in [6, 6.07) is 1.89. The minimum atomic E-state index is -0.650. The molecule has 0 atom stereocenters. The summed E-state index contributed by atoms with van der Waals surface area (Å²) in [6.45, 7) is 3.75. The molecule has 0 aliphatic rings. The first-order valence-corrected chi connectivity index (χ1v) is 6.91. The molecule has 108 valence electrons. The molecule has 2 heterocycles. The first kappa shape index (κ1) is 14.5. The second-order valence-electron chi connectivity index (χ2n) is 4.33. The number of rotatable bonds is 5. The maximum atomic E-state index is 10.9. The van der Waals surface area contributed by atoms with Crippen LogP contribution in [0.25, 0.3) is 11.5 Å². The Labute approximate surface area is 120 Å². The van der Waals surface area contributed by atoms with Crippen LogP contribution < -0.4 is 22.1 Å². The Morgan fingerprint density at radius 1 is 1.55 bits per heavy atom. The van der Waals surface area contributed by atoms with E-state index in [1.807, 2.05) is 18.4 Å². The SMILES string of the molecule is CC(=O)NCc1oc(-c2csc(NC(N)N)n2)cc1C. The maximum Gasteiger partial charge on any atom is 0.217 e. The van der Waals surface area contributed by atoms with Crippen LogP contribution in [0, 0.1) is 6.92 Å². The largest absolute Gasteiger partial charge is 0.457 e. The van der Waals surface area contributed by atoms with Gasteiger partial charge >= 0.3 is 0 Å². The molecule has 0 saturated carbocycles. The van der Waals surface area contributed by atoms with Crippen LogP contribution in [-0.2, 0) is 11.3 Å². The van der Waals surface area contributed by atoms with Gasteiger partial charge in [0.05, 0.1) is 6.54 Å². The third-order valence-corrected chi connectivity index (χ3v) is 3.34. The van der Waals surface area contributed by atoms with Crippen LogP contribution in [0.2, 0.25) is 0 Å². The van der Waals surface area contributed by atoms with Crippen molar-refractivity contribution < 1.29 is 9.21 Å². The summed E-state index contributed by atoms with van der Waals surface area (Å²) in [5.41, 5.74) is 12.5. The molecule has 2 aromatic heterocycles. The van der Waals surface area contributed by atoms with Crippen molar-refractivity contribution >= 4 is 22.4 Å². The number of carbonyl (C=O) groups is 1. The van der Waals surface area contributed by atoms with E-state index in [0.29, 0.717) is 28.9 Å². The van der Waals surface area contributed by atoms with Crippen LogP contribution >= 0.6 is 11.3 Å². The van der Waals surface area contributed by atoms with Gasteiger partial charge < -0.3 is 15.1 Å². The predicted molar refractivity (Wildman–Crippen MR) is 77.9 cm³/mol. The zero-order chi connectivity index (χ0) is 14.7. The van der Waals surface area contributed by atoms with E-state index in [-0.39, 0.29) is 5.91 Å². The molecule has 0 spiro atoms. The Morgan fingerprint density at radius 3 is 2.95 bits per heavy atom. The van der Waals surface area contributed by atoms with Crippen molar-refractivity contribution in [3.05, 3.63) is 22.8 Å². The van der Waals surface area contributed by atoms with Gasteiger partial charge in [-0.1, -0.05) is 0 Å². The normalized spacial score (nSPS) is 10.8. The van der Waals surface area contributed by atoms with E-state index < -0.39 is 6.29 Å². The summed E-state index contributed by atoms with van der Waals surface area (Å²) < 4.78 is 5.71. The van der Waals surface area contributed by atoms with E-state index in [1.165, 1.54) is 18.3 Å². The van der Waals surface area contributed by atoms with Gasteiger partial charge in [0.15, 0.2) is 10.9 Å². The van der Waals surface area contributed by atoms with Crippen molar-refractivity contribution in [1.82, 2.24) is 10.3 Å². The molecule has 0 aliphatic heterocycles. The van der Waals surface area contributed by atoms with Crippen LogP contribution in [-0.4, -0.2) is 17.2 Å². The number of hydrogen-bond donors (Lipinski definition) is 4. The number of hydrogen-bond acceptors (Lipinski definition) is 7. The third-order valence-electron chi connectivity index (χ3n) is 2.57. The number of furan rings is 1. The molecule has 8 heteroatoms. The highest BCUT2D eigenvalue weighted by Gasteiger charge is 2.13. The number of aromatic nitrogens is 1. The second-order valence-corrected chi connectivity index (χ2v) is 5.19. The molecule has 6 N–H and O–H groups in total. The number of nitrogens with zero attached hydrogens (tertiary/aromatic N) is 1. The van der Waals surface area contributed by atoms with Gasteiger partial charge in [0, 0.05) is 12.3 Å². The van der Waals surface area contributed by atoms with Gasteiger partial charge in [0.25, 0.3) is 0 Å². The van der Waals surface area contributed by atoms with E-state index in [9.17, 15) is 4.79 Å². The molecule has 0 fully saturated rings. The van der Waals surface area contributed by atoms with Crippen molar-refractivity contribution in [3.63, 3.8) is 0 Å². The summed E-state index contributed by atoms with van der Waals surface area (Å²) in [5, 5.41) is 8.01. The maximum absolute atomic E-state index is 10.9. The highest BCUT2D eigenvalue weighted by molar-refractivity contribution is 7.14. The van der Waals surface area contributed by atoms with E-state index in [2.05, 4.69) is 15.6 Å². The zero-order valence-electron chi connectivity index (χ0n) is 11.3. The number of anilines is 1. The number of aryl methyl sites for hydroxylation is 1. The van der Waals surface area contributed by atoms with Gasteiger partial charge in [0.1, 0.15) is 17.7 Å². The van der Waals surface area contributed by atoms with Crippen LogP contribution in [0.4, 0.5) is 5.13 Å². The zero-order valence-corrected chi connectivity index (χ0v) is 12.1. The Balaban J connectivity index is 2.14. The van der Waals surface area contributed by atoms with Gasteiger partial charge in [0.2, 0.25) is 5.91 Å². The van der Waals surface area contributed by atoms with Gasteiger partial charge in [-0.15, -0.1) is 11.3 Å². The number of nitrogens with one attached hydrogen (secondary N) is 2. The molecule has 2 aromatic rings. The van der Waals surface area contributed by atoms with Gasteiger partial charge in [-0.25, -0.2) is 4.98 Å². The van der Waals surface area contributed by atoms with E-state index >= 15 is 0 Å². The lowest BCUT2D eigenvalue weighted by atomic mass is 10.2. The Bertz CT molecular complexity index is 605. The molecule has 0 saturated heterocycles. The standard InChI is InChI=1S/C12H17N5O2S/c1-6-3-9(19-10(6)4-15-7(2)18)8-5-20-12(16-8)17-11(13)14/h3,5,11H,4,13-14H2,1-2H3,(H,15,18)(H,16,17). The molecule has 0 aliphatic carbocycles. The fraction of sp³-hybridized carbons (Fsp3) is 0.333. The van der Waals surface area contributed by atoms with Crippen molar-refractivity contribution in [2.24, 2.45) is 11.5 Å². The lowest BCUT2D eigenvalue weighted by Gasteiger charge is -2.04. The molecule has 2 rings (SSSR count). The highest BCUT2D eigenvalue weighted by Crippen LogP contribution is 2.28. The third kappa shape index (κ3) is 3.56. The molecule has 20 heavy (non-hydrogen) atoms. The summed E-state index contributed by atoms with van der Waals surface area (Å²) in [6.07, 6.45) is -0.650. The Hall–Kier alpha value is -1.90. The molecular formula is C12H17N5O2S. The molecule has 7 nitrogen and oxygen atoms in total. The fourth-order valence-corrected chi connectivity index (χ4v) is 2.37. The topological polar surface area (TPSA) is 119 Å². The van der Waals surface area contributed by atoms with Gasteiger partial charge in [-0.05, 0) is 18.6 Å². The summed E-state index contributed by atoms with van der Waals surface area (Å²) in [7, 11) is 0. The van der Waals surface area contributed by atoms with Crippen molar-refractivity contribution in [2.75, 3.05) is 5.32 Å². The molecule has 0 unspecified atom stereocenters. The van der Waals surface area contributed by atoms with E-state index in [1.54, 1.807) is 0 Å². The van der Waals surface area contributed by atoms with Crippen molar-refractivity contribution in [1.29, 1.82) is 0 Å². The smallest absolute Gasteiger partial charge is 0.217 e. The minimum absolute atomic E-state index is 0.0978. The van der Waals surface area contributed by atoms with Gasteiger partial charge in [-0.3, -0.25) is 16.3 Å². The van der Waals surface area contributed by atoms with Crippen molar-refractivity contribution in [2.45, 2.75) is 26.7 Å². The summed E-state index contributed by atoms with van der Waals surface area (Å²) >= 11 is 1.39. The lowest BCUT2D eigenvalue weighted by molar-refractivity contribution is -0.119. The van der Waals surface area contributed by atoms with Crippen LogP contribution in [0.3, 0.4) is 0 Å². The van der Waals surface area contributed by atoms with Crippen LogP contribution in [0.15, 0.2) is 15.9 Å². The monoisotopic (exact) mass is 295 g/mol. The predicted octanol–water partition coefficient (Wildman–Crippen LogP) is 0.961. The minimum Gasteiger partial charge on any atom is -0.457 e. The average molecular weight is 295 g/mol. The number of nitrogens with two attached hydrogens (primary N) is 2. The Morgan fingerprint density at radius 2 is 2.30 bits per heavy atom. The average Bonchev–Trinajstić information content (AvgIpc) is 2.93. The highest BCUT2D eigenvalue weighted by atomic mass is 32.1. The number of amides is 1. The second kappa shape index (κ2) is 6.04. The Kier molecular flexibility index (Phi) is 4.38.